The molecular weight excluding hydrogens is 228 g/mol. The Balaban J connectivity index is -0.000000118. The van der Waals surface area contributed by atoms with Crippen LogP contribution in [0, 0.1) is 20.8 Å². The first kappa shape index (κ1) is 25.2. The van der Waals surface area contributed by atoms with E-state index in [1.54, 1.807) is 0 Å². The number of rotatable bonds is 6. The quantitative estimate of drug-likeness (QED) is 0.449. The van der Waals surface area contributed by atoms with Gasteiger partial charge in [0.05, 0.1) is 13.3 Å². The summed E-state index contributed by atoms with van der Waals surface area (Å²) in [4.78, 5) is 20.5. The van der Waals surface area contributed by atoms with Crippen LogP contribution in [0.25, 0.3) is 5.32 Å². The van der Waals surface area contributed by atoms with Gasteiger partial charge in [0.25, 0.3) is 0 Å². The lowest BCUT2D eigenvalue weighted by molar-refractivity contribution is -0.120. The molecule has 0 spiro atoms. The second-order valence-electron chi connectivity index (χ2n) is 2.49. The summed E-state index contributed by atoms with van der Waals surface area (Å²) in [5.74, 6) is -0.505. The van der Waals surface area contributed by atoms with Crippen LogP contribution in [0.1, 0.15) is 19.3 Å². The monoisotopic (exact) mass is 254 g/mol. The van der Waals surface area contributed by atoms with E-state index < -0.39 is 11.9 Å². The topological polar surface area (TPSA) is 74.3 Å². The Labute approximate surface area is 112 Å². The fourth-order valence-corrected chi connectivity index (χ4v) is 0.619. The number of nitrogens with zero attached hydrogens (tertiary/aromatic N) is 1. The third kappa shape index (κ3) is 36.7. The van der Waals surface area contributed by atoms with Crippen LogP contribution in [0.3, 0.4) is 0 Å². The van der Waals surface area contributed by atoms with Crippen molar-refractivity contribution in [1.82, 2.24) is 0 Å². The Morgan fingerprint density at radius 3 is 1.94 bits per heavy atom. The van der Waals surface area contributed by atoms with Crippen molar-refractivity contribution in [3.05, 3.63) is 52.4 Å². The lowest BCUT2D eigenvalue weighted by Gasteiger charge is -2.22. The molecule has 0 bridgehead atoms. The Morgan fingerprint density at radius 1 is 1.33 bits per heavy atom. The molecule has 4 heteroatoms. The molecule has 0 saturated heterocycles. The number of carbonyl (C=O) groups is 2. The van der Waals surface area contributed by atoms with Gasteiger partial charge in [0.1, 0.15) is 6.29 Å². The third-order valence-corrected chi connectivity index (χ3v) is 1.09. The molecule has 1 atom stereocenters. The van der Waals surface area contributed by atoms with Crippen LogP contribution >= 0.6 is 0 Å². The van der Waals surface area contributed by atoms with Gasteiger partial charge >= 0.3 is 0 Å². The van der Waals surface area contributed by atoms with Crippen LogP contribution in [0.5, 0.6) is 0 Å². The van der Waals surface area contributed by atoms with Gasteiger partial charge in [-0.25, -0.2) is 0 Å². The summed E-state index contributed by atoms with van der Waals surface area (Å²) in [6.07, 6.45) is 2.01. The minimum atomic E-state index is -0.575. The molecule has 2 N–H and O–H groups in total. The second kappa shape index (κ2) is 29.5. The molecule has 0 fully saturated rings. The average Bonchev–Trinajstić information content (AvgIpc) is 2.39. The molecule has 0 heterocycles. The van der Waals surface area contributed by atoms with Crippen molar-refractivity contribution in [2.45, 2.75) is 25.3 Å². The van der Waals surface area contributed by atoms with Gasteiger partial charge in [-0.15, -0.1) is 32.9 Å². The van der Waals surface area contributed by atoms with Gasteiger partial charge in [0, 0.05) is 13.3 Å². The van der Waals surface area contributed by atoms with Gasteiger partial charge < -0.3 is 15.8 Å². The highest BCUT2D eigenvalue weighted by molar-refractivity contribution is 5.79. The zero-order valence-electron chi connectivity index (χ0n) is 11.3. The molecule has 0 aliphatic heterocycles. The molecule has 104 valence electrons. The molecule has 0 aliphatic rings. The predicted molar refractivity (Wildman–Crippen MR) is 79.7 cm³/mol. The molecule has 0 unspecified atom stereocenters. The molecule has 0 aromatic rings. The van der Waals surface area contributed by atoms with E-state index in [1.807, 2.05) is 0 Å². The number of carbonyl (C=O) groups excluding carboxylic acids is 2. The zero-order chi connectivity index (χ0) is 15.4. The molecular formula is C14H26N2O2. The first-order valence-corrected chi connectivity index (χ1v) is 5.40. The number of aldehydes is 1. The molecule has 0 radical (unpaired) electrons. The van der Waals surface area contributed by atoms with Crippen molar-refractivity contribution >= 4 is 12.2 Å². The standard InChI is InChI=1S/C7H12N2O2.C3H6.2C2H4/c1-2-3-9-6(5-10)4-7(8)11;1-3-2;2*1-2/h5-6H,1-4H2,(H2,8,11);1-3H2;2*1-2H2/t6-;;;/m1.../s1. The van der Waals surface area contributed by atoms with E-state index in [9.17, 15) is 9.59 Å². The summed E-state index contributed by atoms with van der Waals surface area (Å²) in [5, 5.41) is 3.87. The fraction of sp³-hybridized carbons (Fsp3) is 0.357. The summed E-state index contributed by atoms with van der Waals surface area (Å²) >= 11 is 0. The summed E-state index contributed by atoms with van der Waals surface area (Å²) in [6.45, 7) is 22.8. The Morgan fingerprint density at radius 2 is 1.72 bits per heavy atom. The van der Waals surface area contributed by atoms with Gasteiger partial charge in [-0.3, -0.25) is 11.7 Å². The van der Waals surface area contributed by atoms with Crippen molar-refractivity contribution in [1.29, 1.82) is 0 Å². The lowest BCUT2D eigenvalue weighted by atomic mass is 10.2. The number of primary amides is 1. The number of hydrogen-bond acceptors (Lipinski definition) is 2. The van der Waals surface area contributed by atoms with E-state index in [0.29, 0.717) is 19.3 Å². The maximum absolute atomic E-state index is 10.3. The highest BCUT2D eigenvalue weighted by atomic mass is 16.1. The van der Waals surface area contributed by atoms with Crippen molar-refractivity contribution in [3.63, 3.8) is 0 Å². The Hall–Kier alpha value is -1.68. The molecule has 18 heavy (non-hydrogen) atoms. The highest BCUT2D eigenvalue weighted by Crippen LogP contribution is 2.02. The van der Waals surface area contributed by atoms with E-state index in [1.165, 1.54) is 0 Å². The fourth-order valence-electron chi connectivity index (χ4n) is 0.619. The van der Waals surface area contributed by atoms with E-state index in [2.05, 4.69) is 52.4 Å². The van der Waals surface area contributed by atoms with Crippen LogP contribution in [-0.2, 0) is 9.59 Å². The maximum Gasteiger partial charge on any atom is 0.216 e. The van der Waals surface area contributed by atoms with E-state index >= 15 is 0 Å². The summed E-state index contributed by atoms with van der Waals surface area (Å²) in [7, 11) is 0. The van der Waals surface area contributed by atoms with Crippen LogP contribution < -0.4 is 5.73 Å². The van der Waals surface area contributed by atoms with Gasteiger partial charge in [0.2, 0.25) is 5.91 Å². The smallest absolute Gasteiger partial charge is 0.216 e. The molecule has 0 rings (SSSR count). The predicted octanol–water partition coefficient (Wildman–Crippen LogP) is 2.68. The molecule has 0 aliphatic carbocycles. The van der Waals surface area contributed by atoms with Crippen molar-refractivity contribution < 1.29 is 9.59 Å². The number of nitrogens with two attached hydrogens (primary N) is 1. The van der Waals surface area contributed by atoms with Crippen LogP contribution in [0.4, 0.5) is 0 Å². The van der Waals surface area contributed by atoms with Gasteiger partial charge in [-0.05, 0) is 6.42 Å². The first-order valence-electron chi connectivity index (χ1n) is 5.40. The van der Waals surface area contributed by atoms with Crippen molar-refractivity contribution in [3.8, 4) is 0 Å². The minimum absolute atomic E-state index is 0.00347. The number of amides is 1. The Bertz CT molecular complexity index is 171. The van der Waals surface area contributed by atoms with Gasteiger partial charge in [-0.2, -0.15) is 0 Å². The van der Waals surface area contributed by atoms with E-state index in [4.69, 9.17) is 5.73 Å². The molecule has 0 saturated carbocycles. The normalized spacial score (nSPS) is 8.94. The van der Waals surface area contributed by atoms with Gasteiger partial charge in [-0.1, -0.05) is 6.04 Å². The Kier molecular flexibility index (Phi) is 41.4. The largest absolute Gasteiger partial charge is 0.650 e. The summed E-state index contributed by atoms with van der Waals surface area (Å²) < 4.78 is 0. The molecule has 1 amide bonds. The van der Waals surface area contributed by atoms with Crippen LogP contribution in [0.15, 0.2) is 26.3 Å². The SMILES string of the molecule is C=C.C=C.[CH2+]CC[N-][C@@H](C=O)CC(N)=O.[CH2+]C[CH2-]. The highest BCUT2D eigenvalue weighted by Gasteiger charge is 1.99. The first-order chi connectivity index (χ1) is 8.62. The van der Waals surface area contributed by atoms with Gasteiger partial charge in [0.15, 0.2) is 0 Å². The summed E-state index contributed by atoms with van der Waals surface area (Å²) in [5.41, 5.74) is 4.87. The van der Waals surface area contributed by atoms with Crippen LogP contribution in [0.2, 0.25) is 0 Å². The molecule has 0 aromatic carbocycles. The van der Waals surface area contributed by atoms with Crippen LogP contribution in [-0.4, -0.2) is 24.8 Å². The average molecular weight is 254 g/mol. The van der Waals surface area contributed by atoms with E-state index in [-0.39, 0.29) is 6.42 Å². The van der Waals surface area contributed by atoms with E-state index in [0.717, 1.165) is 6.42 Å². The van der Waals surface area contributed by atoms with Crippen molar-refractivity contribution in [2.24, 2.45) is 5.73 Å². The third-order valence-electron chi connectivity index (χ3n) is 1.09. The minimum Gasteiger partial charge on any atom is -0.650 e. The molecule has 4 nitrogen and oxygen atoms in total. The second-order valence-corrected chi connectivity index (χ2v) is 2.49. The summed E-state index contributed by atoms with van der Waals surface area (Å²) in [6, 6.07) is -0.575. The zero-order valence-corrected chi connectivity index (χ0v) is 11.3. The molecule has 0 aromatic heterocycles. The lowest BCUT2D eigenvalue weighted by Crippen LogP contribution is -2.21. The number of hydrogen-bond donors (Lipinski definition) is 1. The maximum atomic E-state index is 10.3. The van der Waals surface area contributed by atoms with Crippen molar-refractivity contribution in [2.75, 3.05) is 6.54 Å².